The van der Waals surface area contributed by atoms with Crippen LogP contribution >= 0.6 is 11.6 Å². The zero-order valence-corrected chi connectivity index (χ0v) is 20.0. The van der Waals surface area contributed by atoms with Crippen LogP contribution in [0.2, 0.25) is 5.02 Å². The number of carbonyl (C=O) groups excluding carboxylic acids is 2. The molecule has 33 heavy (non-hydrogen) atoms. The number of nitrogens with zero attached hydrogens (tertiary/aromatic N) is 1. The van der Waals surface area contributed by atoms with E-state index >= 15 is 0 Å². The fourth-order valence-electron chi connectivity index (χ4n) is 3.18. The first kappa shape index (κ1) is 24.8. The lowest BCUT2D eigenvalue weighted by atomic mass is 10.2. The number of nitrogens with one attached hydrogen (secondary N) is 1. The summed E-state index contributed by atoms with van der Waals surface area (Å²) in [7, 11) is -3.80. The molecule has 2 aromatic carbocycles. The zero-order chi connectivity index (χ0) is 24.2. The zero-order valence-electron chi connectivity index (χ0n) is 18.5. The van der Waals surface area contributed by atoms with Crippen molar-refractivity contribution in [3.8, 4) is 11.5 Å². The van der Waals surface area contributed by atoms with Gasteiger partial charge in [-0.25, -0.2) is 13.2 Å². The third kappa shape index (κ3) is 5.58. The van der Waals surface area contributed by atoms with Gasteiger partial charge in [-0.15, -0.1) is 0 Å². The Morgan fingerprint density at radius 2 is 1.76 bits per heavy atom. The van der Waals surface area contributed by atoms with Crippen LogP contribution in [-0.2, 0) is 19.6 Å². The molecular formula is C22H25ClN2O7S. The number of hydrogen-bond acceptors (Lipinski definition) is 7. The summed E-state index contributed by atoms with van der Waals surface area (Å²) >= 11 is 6.11. The summed E-state index contributed by atoms with van der Waals surface area (Å²) < 4.78 is 43.0. The molecule has 0 fully saturated rings. The Bertz CT molecular complexity index is 1150. The number of hydrogen-bond donors (Lipinski definition) is 1. The van der Waals surface area contributed by atoms with Crippen LogP contribution in [0.4, 0.5) is 5.69 Å². The van der Waals surface area contributed by atoms with Crippen molar-refractivity contribution >= 4 is 39.2 Å². The van der Waals surface area contributed by atoms with E-state index in [1.165, 1.54) is 23.4 Å². The van der Waals surface area contributed by atoms with Gasteiger partial charge in [-0.1, -0.05) is 25.4 Å². The lowest BCUT2D eigenvalue weighted by Crippen LogP contribution is -2.31. The number of rotatable bonds is 8. The third-order valence-corrected chi connectivity index (χ3v) is 7.34. The standard InChI is InChI=1S/C22H25ClN2O7S/c1-4-25(5-2)33(28,29)16-7-8-18(23)17(13-16)22(27)32-14(3)21(26)24-15-6-9-19-20(12-15)31-11-10-30-19/h6-9,12-14H,4-5,10-11H2,1-3H3,(H,24,26). The lowest BCUT2D eigenvalue weighted by molar-refractivity contribution is -0.123. The number of fused-ring (bicyclic) bond motifs is 1. The average molecular weight is 497 g/mol. The molecule has 0 saturated carbocycles. The average Bonchev–Trinajstić information content (AvgIpc) is 2.79. The molecule has 0 saturated heterocycles. The van der Waals surface area contributed by atoms with Gasteiger partial charge < -0.3 is 19.5 Å². The Morgan fingerprint density at radius 3 is 2.42 bits per heavy atom. The molecule has 1 heterocycles. The summed E-state index contributed by atoms with van der Waals surface area (Å²) in [6.07, 6.45) is -1.18. The first-order valence-electron chi connectivity index (χ1n) is 10.4. The highest BCUT2D eigenvalue weighted by molar-refractivity contribution is 7.89. The number of carbonyl (C=O) groups is 2. The van der Waals surface area contributed by atoms with Crippen molar-refractivity contribution in [3.63, 3.8) is 0 Å². The molecule has 2 aromatic rings. The van der Waals surface area contributed by atoms with Gasteiger partial charge in [0.25, 0.3) is 5.91 Å². The van der Waals surface area contributed by atoms with E-state index in [2.05, 4.69) is 5.32 Å². The molecule has 1 atom stereocenters. The minimum Gasteiger partial charge on any atom is -0.486 e. The van der Waals surface area contributed by atoms with Gasteiger partial charge in [0.2, 0.25) is 10.0 Å². The minimum atomic E-state index is -3.80. The Kier molecular flexibility index (Phi) is 7.83. The maximum Gasteiger partial charge on any atom is 0.340 e. The number of esters is 1. The van der Waals surface area contributed by atoms with Gasteiger partial charge in [0.05, 0.1) is 15.5 Å². The molecule has 1 unspecified atom stereocenters. The van der Waals surface area contributed by atoms with E-state index in [0.717, 1.165) is 6.07 Å². The molecule has 1 N–H and O–H groups in total. The summed E-state index contributed by atoms with van der Waals surface area (Å²) in [5.74, 6) is -0.417. The highest BCUT2D eigenvalue weighted by atomic mass is 35.5. The molecule has 9 nitrogen and oxygen atoms in total. The van der Waals surface area contributed by atoms with Crippen LogP contribution in [0.1, 0.15) is 31.1 Å². The predicted octanol–water partition coefficient (Wildman–Crippen LogP) is 3.33. The summed E-state index contributed by atoms with van der Waals surface area (Å²) in [6.45, 7) is 6.24. The molecule has 3 rings (SSSR count). The van der Waals surface area contributed by atoms with E-state index in [0.29, 0.717) is 30.4 Å². The van der Waals surface area contributed by atoms with Gasteiger partial charge in [-0.05, 0) is 37.3 Å². The van der Waals surface area contributed by atoms with E-state index in [4.69, 9.17) is 25.8 Å². The van der Waals surface area contributed by atoms with Gasteiger partial charge in [0.15, 0.2) is 17.6 Å². The molecule has 1 amide bonds. The number of benzene rings is 2. The highest BCUT2D eigenvalue weighted by Gasteiger charge is 2.26. The smallest absolute Gasteiger partial charge is 0.340 e. The molecule has 0 aromatic heterocycles. The van der Waals surface area contributed by atoms with Crippen molar-refractivity contribution < 1.29 is 32.2 Å². The van der Waals surface area contributed by atoms with Gasteiger partial charge in [-0.3, -0.25) is 4.79 Å². The molecule has 1 aliphatic rings. The Labute approximate surface area is 197 Å². The van der Waals surface area contributed by atoms with E-state index in [9.17, 15) is 18.0 Å². The maximum absolute atomic E-state index is 12.8. The molecule has 11 heteroatoms. The van der Waals surface area contributed by atoms with Crippen molar-refractivity contribution in [3.05, 3.63) is 47.0 Å². The van der Waals surface area contributed by atoms with E-state index in [1.54, 1.807) is 32.0 Å². The Hall–Kier alpha value is -2.82. The van der Waals surface area contributed by atoms with Crippen LogP contribution in [-0.4, -0.2) is 57.0 Å². The van der Waals surface area contributed by atoms with Gasteiger partial charge in [-0.2, -0.15) is 4.31 Å². The van der Waals surface area contributed by atoms with Crippen LogP contribution in [0.25, 0.3) is 0 Å². The lowest BCUT2D eigenvalue weighted by Gasteiger charge is -2.20. The molecule has 0 radical (unpaired) electrons. The minimum absolute atomic E-state index is 0.0120. The van der Waals surface area contributed by atoms with Crippen molar-refractivity contribution in [2.75, 3.05) is 31.6 Å². The second-order valence-corrected chi connectivity index (χ2v) is 9.47. The van der Waals surface area contributed by atoms with Crippen LogP contribution in [0.5, 0.6) is 11.5 Å². The summed E-state index contributed by atoms with van der Waals surface area (Å²) in [4.78, 5) is 25.1. The van der Waals surface area contributed by atoms with Crippen LogP contribution in [0.3, 0.4) is 0 Å². The molecule has 0 aliphatic carbocycles. The van der Waals surface area contributed by atoms with Crippen molar-refractivity contribution in [2.24, 2.45) is 0 Å². The van der Waals surface area contributed by atoms with E-state index in [1.807, 2.05) is 0 Å². The second-order valence-electron chi connectivity index (χ2n) is 7.13. The van der Waals surface area contributed by atoms with E-state index < -0.39 is 28.0 Å². The number of halogens is 1. The molecule has 1 aliphatic heterocycles. The number of ether oxygens (including phenoxy) is 3. The normalized spacial score (nSPS) is 14.0. The van der Waals surface area contributed by atoms with Crippen molar-refractivity contribution in [1.29, 1.82) is 0 Å². The van der Waals surface area contributed by atoms with Crippen LogP contribution in [0.15, 0.2) is 41.3 Å². The number of anilines is 1. The van der Waals surface area contributed by atoms with Crippen LogP contribution in [0, 0.1) is 0 Å². The molecule has 0 spiro atoms. The van der Waals surface area contributed by atoms with Crippen molar-refractivity contribution in [1.82, 2.24) is 4.31 Å². The first-order valence-corrected chi connectivity index (χ1v) is 12.2. The summed E-state index contributed by atoms with van der Waals surface area (Å²) in [6, 6.07) is 8.71. The fourth-order valence-corrected chi connectivity index (χ4v) is 4.86. The Balaban J connectivity index is 1.72. The first-order chi connectivity index (χ1) is 15.7. The van der Waals surface area contributed by atoms with E-state index in [-0.39, 0.29) is 28.6 Å². The predicted molar refractivity (Wildman–Crippen MR) is 122 cm³/mol. The second kappa shape index (κ2) is 10.4. The SMILES string of the molecule is CCN(CC)S(=O)(=O)c1ccc(Cl)c(C(=O)OC(C)C(=O)Nc2ccc3c(c2)OCCO3)c1. The third-order valence-electron chi connectivity index (χ3n) is 4.96. The monoisotopic (exact) mass is 496 g/mol. The van der Waals surface area contributed by atoms with Gasteiger partial charge >= 0.3 is 5.97 Å². The molecule has 0 bridgehead atoms. The number of amides is 1. The topological polar surface area (TPSA) is 111 Å². The molecule has 178 valence electrons. The summed E-state index contributed by atoms with van der Waals surface area (Å²) in [5.41, 5.74) is 0.293. The van der Waals surface area contributed by atoms with Crippen LogP contribution < -0.4 is 14.8 Å². The quantitative estimate of drug-likeness (QED) is 0.558. The maximum atomic E-state index is 12.8. The highest BCUT2D eigenvalue weighted by Crippen LogP contribution is 2.32. The van der Waals surface area contributed by atoms with Gasteiger partial charge in [0, 0.05) is 24.8 Å². The fraction of sp³-hybridized carbons (Fsp3) is 0.364. The van der Waals surface area contributed by atoms with Crippen molar-refractivity contribution in [2.45, 2.75) is 31.8 Å². The summed E-state index contributed by atoms with van der Waals surface area (Å²) in [5, 5.41) is 2.65. The Morgan fingerprint density at radius 1 is 1.09 bits per heavy atom. The molecular weight excluding hydrogens is 472 g/mol. The van der Waals surface area contributed by atoms with Gasteiger partial charge in [0.1, 0.15) is 13.2 Å². The largest absolute Gasteiger partial charge is 0.486 e. The number of sulfonamides is 1.